The molecule has 0 amide bonds. The fourth-order valence-corrected chi connectivity index (χ4v) is 4.37. The molecule has 2 bridgehead atoms. The van der Waals surface area contributed by atoms with Crippen molar-refractivity contribution in [1.29, 1.82) is 0 Å². The Kier molecular flexibility index (Phi) is 4.86. The van der Waals surface area contributed by atoms with Crippen LogP contribution in [0.15, 0.2) is 48.5 Å². The van der Waals surface area contributed by atoms with E-state index >= 15 is 0 Å². The monoisotopic (exact) mass is 355 g/mol. The highest BCUT2D eigenvalue weighted by atomic mass is 19.1. The molecule has 5 rings (SSSR count). The summed E-state index contributed by atoms with van der Waals surface area (Å²) in [6.07, 6.45) is 2.59. The number of ether oxygens (including phenoxy) is 2. The molecule has 1 unspecified atom stereocenters. The number of benzene rings is 2. The molecule has 2 aliphatic heterocycles. The van der Waals surface area contributed by atoms with Gasteiger partial charge in [-0.1, -0.05) is 19.1 Å². The van der Waals surface area contributed by atoms with Crippen LogP contribution >= 0.6 is 0 Å². The molecule has 0 aromatic heterocycles. The summed E-state index contributed by atoms with van der Waals surface area (Å²) < 4.78 is 24.4. The van der Waals surface area contributed by atoms with Gasteiger partial charge in [0.2, 0.25) is 0 Å². The van der Waals surface area contributed by atoms with Gasteiger partial charge in [-0.05, 0) is 66.6 Å². The third kappa shape index (κ3) is 3.43. The number of nitrogens with zero attached hydrogens (tertiary/aromatic N) is 1. The molecule has 3 fully saturated rings. The molecule has 26 heavy (non-hydrogen) atoms. The Hall–Kier alpha value is -2.07. The molecule has 0 N–H and O–H groups in total. The average molecular weight is 355 g/mol. The first-order valence-corrected chi connectivity index (χ1v) is 9.41. The predicted octanol–water partition coefficient (Wildman–Crippen LogP) is 4.51. The highest BCUT2D eigenvalue weighted by molar-refractivity contribution is 5.27. The standard InChI is InChI=1S/C22H26FNO2/c1-15-17-11-19(12-17)24(13-16-3-7-20(25-2)8-4-16)22(15)14-26-21-9-5-18(23)6-10-21/h3-10,15,17,19,22H,11-14H2,1-2H3/t15-,17?,19?,22?/m0/s1. The molecule has 3 aliphatic rings. The fraction of sp³-hybridized carbons (Fsp3) is 0.455. The maximum Gasteiger partial charge on any atom is 0.123 e. The Labute approximate surface area is 154 Å². The molecular formula is C22H26FNO2. The Bertz CT molecular complexity index is 725. The van der Waals surface area contributed by atoms with Gasteiger partial charge in [-0.15, -0.1) is 0 Å². The molecule has 0 radical (unpaired) electrons. The topological polar surface area (TPSA) is 21.7 Å². The Balaban J connectivity index is 1.45. The van der Waals surface area contributed by atoms with Crippen LogP contribution in [0, 0.1) is 17.7 Å². The van der Waals surface area contributed by atoms with Crippen LogP contribution in [0.1, 0.15) is 25.3 Å². The molecule has 2 heterocycles. The molecule has 2 atom stereocenters. The van der Waals surface area contributed by atoms with Gasteiger partial charge in [0.05, 0.1) is 7.11 Å². The van der Waals surface area contributed by atoms with E-state index in [1.54, 1.807) is 19.2 Å². The summed E-state index contributed by atoms with van der Waals surface area (Å²) in [5.41, 5.74) is 1.30. The first-order chi connectivity index (χ1) is 12.6. The van der Waals surface area contributed by atoms with Crippen molar-refractivity contribution in [3.05, 3.63) is 59.9 Å². The van der Waals surface area contributed by atoms with Crippen molar-refractivity contribution < 1.29 is 13.9 Å². The maximum absolute atomic E-state index is 13.1. The summed E-state index contributed by atoms with van der Waals surface area (Å²) in [5.74, 6) is 2.82. The van der Waals surface area contributed by atoms with Crippen LogP contribution in [0.4, 0.5) is 4.39 Å². The van der Waals surface area contributed by atoms with Gasteiger partial charge in [0.25, 0.3) is 0 Å². The third-order valence-corrected chi connectivity index (χ3v) is 6.15. The van der Waals surface area contributed by atoms with Crippen molar-refractivity contribution in [1.82, 2.24) is 4.90 Å². The van der Waals surface area contributed by atoms with Gasteiger partial charge < -0.3 is 9.47 Å². The number of piperidine rings is 2. The number of halogens is 1. The first-order valence-electron chi connectivity index (χ1n) is 9.41. The van der Waals surface area contributed by atoms with Crippen molar-refractivity contribution in [2.45, 2.75) is 38.4 Å². The van der Waals surface area contributed by atoms with Gasteiger partial charge in [-0.25, -0.2) is 4.39 Å². The number of methoxy groups -OCH3 is 1. The second-order valence-electron chi connectivity index (χ2n) is 7.60. The van der Waals surface area contributed by atoms with Crippen LogP contribution in [-0.4, -0.2) is 30.7 Å². The predicted molar refractivity (Wildman–Crippen MR) is 99.9 cm³/mol. The van der Waals surface area contributed by atoms with Crippen molar-refractivity contribution in [3.63, 3.8) is 0 Å². The Morgan fingerprint density at radius 3 is 2.31 bits per heavy atom. The molecule has 4 heteroatoms. The van der Waals surface area contributed by atoms with Gasteiger partial charge in [0.1, 0.15) is 23.9 Å². The average Bonchev–Trinajstić information content (AvgIpc) is 2.62. The molecule has 3 nitrogen and oxygen atoms in total. The van der Waals surface area contributed by atoms with E-state index in [1.165, 1.54) is 30.5 Å². The minimum atomic E-state index is -0.231. The summed E-state index contributed by atoms with van der Waals surface area (Å²) in [5, 5.41) is 0. The van der Waals surface area contributed by atoms with Crippen LogP contribution in [0.2, 0.25) is 0 Å². The van der Waals surface area contributed by atoms with Crippen LogP contribution < -0.4 is 9.47 Å². The minimum absolute atomic E-state index is 0.231. The molecule has 2 saturated heterocycles. The van der Waals surface area contributed by atoms with Crippen molar-refractivity contribution in [2.75, 3.05) is 13.7 Å². The number of hydrogen-bond acceptors (Lipinski definition) is 3. The zero-order chi connectivity index (χ0) is 18.1. The lowest BCUT2D eigenvalue weighted by molar-refractivity contribution is -0.0923. The zero-order valence-corrected chi connectivity index (χ0v) is 15.4. The Morgan fingerprint density at radius 2 is 1.65 bits per heavy atom. The van der Waals surface area contributed by atoms with Crippen molar-refractivity contribution in [2.24, 2.45) is 11.8 Å². The van der Waals surface area contributed by atoms with Gasteiger partial charge >= 0.3 is 0 Å². The van der Waals surface area contributed by atoms with Gasteiger partial charge in [0.15, 0.2) is 0 Å². The zero-order valence-electron chi connectivity index (χ0n) is 15.4. The molecule has 1 saturated carbocycles. The lowest BCUT2D eigenvalue weighted by atomic mass is 9.65. The smallest absolute Gasteiger partial charge is 0.123 e. The van der Waals surface area contributed by atoms with E-state index in [-0.39, 0.29) is 5.82 Å². The largest absolute Gasteiger partial charge is 0.497 e. The lowest BCUT2D eigenvalue weighted by Crippen LogP contribution is -2.62. The molecular weight excluding hydrogens is 329 g/mol. The molecule has 0 spiro atoms. The fourth-order valence-electron chi connectivity index (χ4n) is 4.37. The second kappa shape index (κ2) is 7.28. The van der Waals surface area contributed by atoms with E-state index in [9.17, 15) is 4.39 Å². The van der Waals surface area contributed by atoms with Crippen LogP contribution in [0.3, 0.4) is 0 Å². The van der Waals surface area contributed by atoms with E-state index in [1.807, 2.05) is 12.1 Å². The van der Waals surface area contributed by atoms with Gasteiger partial charge in [-0.2, -0.15) is 0 Å². The van der Waals surface area contributed by atoms with Crippen molar-refractivity contribution >= 4 is 0 Å². The first kappa shape index (κ1) is 17.3. The van der Waals surface area contributed by atoms with Crippen LogP contribution in [-0.2, 0) is 6.54 Å². The summed E-state index contributed by atoms with van der Waals surface area (Å²) in [4.78, 5) is 2.61. The van der Waals surface area contributed by atoms with E-state index in [4.69, 9.17) is 9.47 Å². The summed E-state index contributed by atoms with van der Waals surface area (Å²) in [6, 6.07) is 15.7. The van der Waals surface area contributed by atoms with E-state index in [0.29, 0.717) is 24.6 Å². The lowest BCUT2D eigenvalue weighted by Gasteiger charge is -2.57. The second-order valence-corrected chi connectivity index (χ2v) is 7.60. The number of hydrogen-bond donors (Lipinski definition) is 0. The van der Waals surface area contributed by atoms with Gasteiger partial charge in [-0.3, -0.25) is 4.90 Å². The maximum atomic E-state index is 13.1. The van der Waals surface area contributed by atoms with E-state index in [2.05, 4.69) is 24.0 Å². The minimum Gasteiger partial charge on any atom is -0.497 e. The summed E-state index contributed by atoms with van der Waals surface area (Å²) in [7, 11) is 1.69. The van der Waals surface area contributed by atoms with Gasteiger partial charge in [0, 0.05) is 18.6 Å². The normalized spacial score (nSPS) is 27.7. The SMILES string of the molecule is COc1ccc(CN2C3CC(C3)[C@H](C)C2COc2ccc(F)cc2)cc1. The molecule has 2 aromatic carbocycles. The summed E-state index contributed by atoms with van der Waals surface area (Å²) in [6.45, 7) is 3.93. The molecule has 1 aliphatic carbocycles. The third-order valence-electron chi connectivity index (χ3n) is 6.15. The van der Waals surface area contributed by atoms with E-state index < -0.39 is 0 Å². The quantitative estimate of drug-likeness (QED) is 0.761. The summed E-state index contributed by atoms with van der Waals surface area (Å²) >= 11 is 0. The van der Waals surface area contributed by atoms with Crippen molar-refractivity contribution in [3.8, 4) is 11.5 Å². The number of rotatable bonds is 6. The number of fused-ring (bicyclic) bond motifs is 2. The highest BCUT2D eigenvalue weighted by Crippen LogP contribution is 2.47. The van der Waals surface area contributed by atoms with E-state index in [0.717, 1.165) is 24.0 Å². The highest BCUT2D eigenvalue weighted by Gasteiger charge is 2.48. The molecule has 2 aromatic rings. The molecule has 138 valence electrons. The van der Waals surface area contributed by atoms with Crippen LogP contribution in [0.25, 0.3) is 0 Å². The Morgan fingerprint density at radius 1 is 1.00 bits per heavy atom. The van der Waals surface area contributed by atoms with Crippen LogP contribution in [0.5, 0.6) is 11.5 Å².